The first kappa shape index (κ1) is 27.3. The minimum absolute atomic E-state index is 0. The Kier molecular flexibility index (Phi) is 14.9. The molecule has 0 aliphatic rings. The fourth-order valence-electron chi connectivity index (χ4n) is 2.41. The summed E-state index contributed by atoms with van der Waals surface area (Å²) in [6, 6.07) is 14.2. The van der Waals surface area contributed by atoms with Gasteiger partial charge in [-0.3, -0.25) is 4.79 Å². The monoisotopic (exact) mass is 560 g/mol. The van der Waals surface area contributed by atoms with E-state index in [0.717, 1.165) is 12.0 Å². The number of rotatable bonds is 13. The summed E-state index contributed by atoms with van der Waals surface area (Å²) in [7, 11) is 3.45. The molecule has 2 rings (SSSR count). The van der Waals surface area contributed by atoms with Gasteiger partial charge in [-0.25, -0.2) is 4.99 Å². The van der Waals surface area contributed by atoms with E-state index in [-0.39, 0.29) is 36.4 Å². The molecule has 7 nitrogen and oxygen atoms in total. The number of likely N-dealkylation sites (N-methyl/N-ethyl adjacent to an activating group) is 1. The van der Waals surface area contributed by atoms with Crippen molar-refractivity contribution >= 4 is 47.2 Å². The Morgan fingerprint density at radius 3 is 2.52 bits per heavy atom. The zero-order chi connectivity index (χ0) is 21.4. The number of carbonyl (C=O) groups excluding carboxylic acids is 1. The van der Waals surface area contributed by atoms with Crippen molar-refractivity contribution in [2.75, 3.05) is 47.0 Å². The summed E-state index contributed by atoms with van der Waals surface area (Å²) in [5.41, 5.74) is 1.16. The molecule has 1 amide bonds. The van der Waals surface area contributed by atoms with Gasteiger partial charge in [0.1, 0.15) is 6.54 Å². The molecule has 0 aliphatic carbocycles. The molecule has 0 saturated carbocycles. The van der Waals surface area contributed by atoms with Gasteiger partial charge < -0.3 is 25.0 Å². The summed E-state index contributed by atoms with van der Waals surface area (Å²) in [4.78, 5) is 18.9. The van der Waals surface area contributed by atoms with Crippen LogP contribution in [0.4, 0.5) is 0 Å². The number of guanidine groups is 1. The summed E-state index contributed by atoms with van der Waals surface area (Å²) in [6.07, 6.45) is 0.833. The quantitative estimate of drug-likeness (QED) is 0.171. The van der Waals surface area contributed by atoms with Gasteiger partial charge in [0.2, 0.25) is 5.91 Å². The molecule has 31 heavy (non-hydrogen) atoms. The molecule has 9 heteroatoms. The average Bonchev–Trinajstić information content (AvgIpc) is 3.28. The second-order valence-corrected chi connectivity index (χ2v) is 7.85. The van der Waals surface area contributed by atoms with E-state index in [1.54, 1.807) is 25.4 Å². The summed E-state index contributed by atoms with van der Waals surface area (Å²) in [5, 5.41) is 8.57. The first-order valence-corrected chi connectivity index (χ1v) is 11.0. The largest absolute Gasteiger partial charge is 0.379 e. The lowest BCUT2D eigenvalue weighted by atomic mass is 10.2. The van der Waals surface area contributed by atoms with Crippen molar-refractivity contribution in [1.82, 2.24) is 15.5 Å². The predicted octanol–water partition coefficient (Wildman–Crippen LogP) is 3.11. The second-order valence-electron chi connectivity index (χ2n) is 6.82. The van der Waals surface area contributed by atoms with Crippen molar-refractivity contribution < 1.29 is 14.3 Å². The third kappa shape index (κ3) is 12.7. The summed E-state index contributed by atoms with van der Waals surface area (Å²) < 4.78 is 11.2. The van der Waals surface area contributed by atoms with Gasteiger partial charge in [-0.1, -0.05) is 36.4 Å². The van der Waals surface area contributed by atoms with Gasteiger partial charge >= 0.3 is 0 Å². The third-order valence-electron chi connectivity index (χ3n) is 4.12. The fourth-order valence-corrected chi connectivity index (χ4v) is 3.06. The lowest BCUT2D eigenvalue weighted by Crippen LogP contribution is -2.38. The molecule has 2 N–H and O–H groups in total. The summed E-state index contributed by atoms with van der Waals surface area (Å²) in [6.45, 7) is 3.88. The molecule has 0 aliphatic heterocycles. The van der Waals surface area contributed by atoms with E-state index in [1.165, 1.54) is 9.78 Å². The minimum atomic E-state index is -0.0361. The average molecular weight is 561 g/mol. The number of nitrogens with one attached hydrogen (secondary N) is 2. The number of aliphatic imine (C=N–C) groups is 1. The van der Waals surface area contributed by atoms with Gasteiger partial charge in [-0.05, 0) is 23.4 Å². The van der Waals surface area contributed by atoms with Crippen LogP contribution >= 0.6 is 35.3 Å². The molecular formula is C22H33IN4O3S. The standard InChI is InChI=1S/C22H32N4O3S.HI/c1-26(2)21(27)17-25-22(24-16-20-10-6-15-30-20)23-11-7-12-28-13-14-29-18-19-8-4-3-5-9-19;/h3-6,8-10,15H,7,11-14,16-18H2,1-2H3,(H2,23,24,25);1H. The molecule has 0 saturated heterocycles. The van der Waals surface area contributed by atoms with Crippen molar-refractivity contribution in [2.24, 2.45) is 4.99 Å². The molecular weight excluding hydrogens is 527 g/mol. The van der Waals surface area contributed by atoms with E-state index in [2.05, 4.69) is 21.7 Å². The van der Waals surface area contributed by atoms with Crippen LogP contribution < -0.4 is 10.6 Å². The van der Waals surface area contributed by atoms with E-state index >= 15 is 0 Å². The number of hydrogen-bond acceptors (Lipinski definition) is 5. The van der Waals surface area contributed by atoms with Crippen LogP contribution in [0.2, 0.25) is 0 Å². The Morgan fingerprint density at radius 1 is 1.03 bits per heavy atom. The molecule has 1 aromatic heterocycles. The molecule has 0 unspecified atom stereocenters. The van der Waals surface area contributed by atoms with Crippen molar-refractivity contribution in [1.29, 1.82) is 0 Å². The molecule has 0 bridgehead atoms. The van der Waals surface area contributed by atoms with Crippen molar-refractivity contribution in [3.63, 3.8) is 0 Å². The lowest BCUT2D eigenvalue weighted by Gasteiger charge is -2.13. The first-order chi connectivity index (χ1) is 14.6. The van der Waals surface area contributed by atoms with E-state index in [0.29, 0.717) is 45.5 Å². The number of nitrogens with zero attached hydrogens (tertiary/aromatic N) is 2. The Labute approximate surface area is 206 Å². The van der Waals surface area contributed by atoms with E-state index < -0.39 is 0 Å². The highest BCUT2D eigenvalue weighted by Gasteiger charge is 2.05. The zero-order valence-corrected chi connectivity index (χ0v) is 21.4. The number of amides is 1. The second kappa shape index (κ2) is 16.9. The van der Waals surface area contributed by atoms with Gasteiger partial charge in [0, 0.05) is 32.1 Å². The summed E-state index contributed by atoms with van der Waals surface area (Å²) in [5.74, 6) is 0.593. The number of hydrogen-bond donors (Lipinski definition) is 2. The van der Waals surface area contributed by atoms with E-state index in [1.807, 2.05) is 41.8 Å². The molecule has 172 valence electrons. The van der Waals surface area contributed by atoms with E-state index in [9.17, 15) is 4.79 Å². The highest BCUT2D eigenvalue weighted by molar-refractivity contribution is 14.0. The van der Waals surface area contributed by atoms with Gasteiger partial charge in [0.15, 0.2) is 5.96 Å². The van der Waals surface area contributed by atoms with Crippen LogP contribution in [-0.4, -0.2) is 63.8 Å². The maximum atomic E-state index is 11.8. The number of thiophene rings is 1. The molecule has 1 heterocycles. The van der Waals surface area contributed by atoms with Gasteiger partial charge in [-0.2, -0.15) is 0 Å². The van der Waals surface area contributed by atoms with Gasteiger partial charge in [0.05, 0.1) is 26.4 Å². The van der Waals surface area contributed by atoms with Crippen molar-refractivity contribution in [3.05, 3.63) is 58.3 Å². The van der Waals surface area contributed by atoms with Crippen LogP contribution in [0, 0.1) is 0 Å². The van der Waals surface area contributed by atoms with Crippen LogP contribution in [0.15, 0.2) is 52.8 Å². The minimum Gasteiger partial charge on any atom is -0.379 e. The highest BCUT2D eigenvalue weighted by Crippen LogP contribution is 2.07. The topological polar surface area (TPSA) is 75.2 Å². The Hall–Kier alpha value is -1.69. The van der Waals surface area contributed by atoms with Crippen molar-refractivity contribution in [3.8, 4) is 0 Å². The number of benzene rings is 1. The Bertz CT molecular complexity index is 742. The van der Waals surface area contributed by atoms with Crippen LogP contribution in [0.1, 0.15) is 16.9 Å². The normalized spacial score (nSPS) is 11.0. The molecule has 0 radical (unpaired) electrons. The van der Waals surface area contributed by atoms with Crippen LogP contribution in [0.25, 0.3) is 0 Å². The fraction of sp³-hybridized carbons (Fsp3) is 0.455. The van der Waals surface area contributed by atoms with Gasteiger partial charge in [0.25, 0.3) is 0 Å². The molecule has 0 atom stereocenters. The van der Waals surface area contributed by atoms with Crippen LogP contribution in [0.5, 0.6) is 0 Å². The highest BCUT2D eigenvalue weighted by atomic mass is 127. The maximum absolute atomic E-state index is 11.8. The lowest BCUT2D eigenvalue weighted by molar-refractivity contribution is -0.127. The number of carbonyl (C=O) groups is 1. The van der Waals surface area contributed by atoms with E-state index in [4.69, 9.17) is 9.47 Å². The first-order valence-electron chi connectivity index (χ1n) is 10.1. The molecule has 2 aromatic rings. The Morgan fingerprint density at radius 2 is 1.81 bits per heavy atom. The molecule has 0 spiro atoms. The zero-order valence-electron chi connectivity index (χ0n) is 18.2. The predicted molar refractivity (Wildman–Crippen MR) is 137 cm³/mol. The van der Waals surface area contributed by atoms with Crippen LogP contribution in [0.3, 0.4) is 0 Å². The SMILES string of the molecule is CN(C)C(=O)CN=C(NCCCOCCOCc1ccccc1)NCc1cccs1.I. The number of ether oxygens (including phenoxy) is 2. The number of halogens is 1. The third-order valence-corrected chi connectivity index (χ3v) is 5.00. The molecule has 0 fully saturated rings. The van der Waals surface area contributed by atoms with Crippen molar-refractivity contribution in [2.45, 2.75) is 19.6 Å². The maximum Gasteiger partial charge on any atom is 0.243 e. The van der Waals surface area contributed by atoms with Gasteiger partial charge in [-0.15, -0.1) is 35.3 Å². The van der Waals surface area contributed by atoms with Crippen LogP contribution in [-0.2, 0) is 27.4 Å². The summed E-state index contributed by atoms with van der Waals surface area (Å²) >= 11 is 1.68. The molecule has 1 aromatic carbocycles. The Balaban J connectivity index is 0.00000480. The smallest absolute Gasteiger partial charge is 0.243 e.